The smallest absolute Gasteiger partial charge is 0.322 e. The van der Waals surface area contributed by atoms with Crippen LogP contribution in [0.3, 0.4) is 0 Å². The van der Waals surface area contributed by atoms with E-state index in [4.69, 9.17) is 21.1 Å². The molecule has 0 aromatic heterocycles. The van der Waals surface area contributed by atoms with Crippen molar-refractivity contribution in [2.24, 2.45) is 0 Å². The molecule has 1 aliphatic rings. The number of hydrogen-bond acceptors (Lipinski definition) is 4. The molecular weight excluding hydrogens is 438 g/mol. The largest absolute Gasteiger partial charge is 0.457 e. The lowest BCUT2D eigenvalue weighted by Gasteiger charge is -2.30. The van der Waals surface area contributed by atoms with Gasteiger partial charge < -0.3 is 19.7 Å². The number of nitrogens with one attached hydrogen (secondary N) is 1. The van der Waals surface area contributed by atoms with E-state index in [-0.39, 0.29) is 6.03 Å². The average molecular weight is 466 g/mol. The summed E-state index contributed by atoms with van der Waals surface area (Å²) < 4.78 is 11.4. The van der Waals surface area contributed by atoms with E-state index in [1.807, 2.05) is 71.6 Å². The zero-order chi connectivity index (χ0) is 22.9. The highest BCUT2D eigenvalue weighted by atomic mass is 35.5. The van der Waals surface area contributed by atoms with Crippen LogP contribution < -0.4 is 10.1 Å². The zero-order valence-corrected chi connectivity index (χ0v) is 19.2. The molecule has 0 bridgehead atoms. The van der Waals surface area contributed by atoms with Crippen LogP contribution in [0.25, 0.3) is 0 Å². The summed E-state index contributed by atoms with van der Waals surface area (Å²) in [4.78, 5) is 17.3. The van der Waals surface area contributed by atoms with Crippen molar-refractivity contribution < 1.29 is 14.3 Å². The second-order valence-corrected chi connectivity index (χ2v) is 8.31. The lowest BCUT2D eigenvalue weighted by atomic mass is 10.2. The molecule has 1 aliphatic heterocycles. The number of urea groups is 1. The predicted molar refractivity (Wildman–Crippen MR) is 131 cm³/mol. The molecule has 4 rings (SSSR count). The number of morpholine rings is 1. The maximum absolute atomic E-state index is 13.1. The summed E-state index contributed by atoms with van der Waals surface area (Å²) in [5, 5.41) is 3.67. The van der Waals surface area contributed by atoms with Crippen LogP contribution in [0.1, 0.15) is 5.56 Å². The number of rotatable bonds is 8. The summed E-state index contributed by atoms with van der Waals surface area (Å²) in [7, 11) is 0. The van der Waals surface area contributed by atoms with Gasteiger partial charge >= 0.3 is 6.03 Å². The molecule has 1 heterocycles. The molecule has 0 atom stereocenters. The van der Waals surface area contributed by atoms with Gasteiger partial charge in [-0.2, -0.15) is 0 Å². The minimum absolute atomic E-state index is 0.126. The molecule has 1 N–H and O–H groups in total. The number of halogens is 1. The Balaban J connectivity index is 1.44. The lowest BCUT2D eigenvalue weighted by molar-refractivity contribution is 0.0349. The van der Waals surface area contributed by atoms with E-state index >= 15 is 0 Å². The Morgan fingerprint density at radius 2 is 1.73 bits per heavy atom. The van der Waals surface area contributed by atoms with Crippen molar-refractivity contribution in [3.63, 3.8) is 0 Å². The summed E-state index contributed by atoms with van der Waals surface area (Å²) in [5.41, 5.74) is 1.77. The van der Waals surface area contributed by atoms with Crippen LogP contribution in [0, 0.1) is 0 Å². The Labute approximate surface area is 199 Å². The monoisotopic (exact) mass is 465 g/mol. The van der Waals surface area contributed by atoms with E-state index in [1.165, 1.54) is 0 Å². The Morgan fingerprint density at radius 3 is 2.48 bits per heavy atom. The SMILES string of the molecule is O=C(Nc1ccccc1)N(CCN1CCOCC1)Cc1cccc(Oc2ccc(Cl)cc2)c1. The molecule has 0 unspecified atom stereocenters. The van der Waals surface area contributed by atoms with Gasteiger partial charge in [-0.15, -0.1) is 0 Å². The van der Waals surface area contributed by atoms with Crippen LogP contribution in [-0.2, 0) is 11.3 Å². The third kappa shape index (κ3) is 7.22. The van der Waals surface area contributed by atoms with Gasteiger partial charge in [0.15, 0.2) is 0 Å². The van der Waals surface area contributed by atoms with Crippen molar-refractivity contribution in [2.75, 3.05) is 44.7 Å². The molecule has 0 saturated carbocycles. The number of carbonyl (C=O) groups excluding carboxylic acids is 1. The molecule has 6 nitrogen and oxygen atoms in total. The van der Waals surface area contributed by atoms with Crippen LogP contribution in [0.15, 0.2) is 78.9 Å². The number of carbonyl (C=O) groups is 1. The summed E-state index contributed by atoms with van der Waals surface area (Å²) >= 11 is 5.96. The first-order chi connectivity index (χ1) is 16.2. The zero-order valence-electron chi connectivity index (χ0n) is 18.5. The van der Waals surface area contributed by atoms with Crippen molar-refractivity contribution in [1.29, 1.82) is 0 Å². The molecule has 3 aromatic carbocycles. The molecule has 3 aromatic rings. The second-order valence-electron chi connectivity index (χ2n) is 7.88. The molecule has 0 radical (unpaired) electrons. The molecule has 33 heavy (non-hydrogen) atoms. The maximum atomic E-state index is 13.1. The van der Waals surface area contributed by atoms with Crippen LogP contribution in [0.4, 0.5) is 10.5 Å². The second kappa shape index (κ2) is 11.7. The number of nitrogens with zero attached hydrogens (tertiary/aromatic N) is 2. The predicted octanol–water partition coefficient (Wildman–Crippen LogP) is 5.50. The summed E-state index contributed by atoms with van der Waals surface area (Å²) in [5.74, 6) is 1.42. The number of amides is 2. The van der Waals surface area contributed by atoms with Crippen molar-refractivity contribution in [3.05, 3.63) is 89.4 Å². The van der Waals surface area contributed by atoms with E-state index in [0.717, 1.165) is 44.1 Å². The highest BCUT2D eigenvalue weighted by molar-refractivity contribution is 6.30. The fraction of sp³-hybridized carbons (Fsp3) is 0.269. The Hall–Kier alpha value is -3.06. The van der Waals surface area contributed by atoms with Crippen LogP contribution >= 0.6 is 11.6 Å². The van der Waals surface area contributed by atoms with Crippen LogP contribution in [0.2, 0.25) is 5.02 Å². The van der Waals surface area contributed by atoms with Gasteiger partial charge in [0.05, 0.1) is 13.2 Å². The number of anilines is 1. The third-order valence-corrected chi connectivity index (χ3v) is 5.68. The Kier molecular flexibility index (Phi) is 8.19. The minimum atomic E-state index is -0.126. The molecular formula is C26H28ClN3O3. The van der Waals surface area contributed by atoms with E-state index in [0.29, 0.717) is 29.6 Å². The fourth-order valence-corrected chi connectivity index (χ4v) is 3.76. The van der Waals surface area contributed by atoms with Gasteiger partial charge in [0.2, 0.25) is 0 Å². The average Bonchev–Trinajstić information content (AvgIpc) is 2.85. The van der Waals surface area contributed by atoms with Crippen molar-refractivity contribution in [3.8, 4) is 11.5 Å². The first kappa shape index (κ1) is 23.1. The van der Waals surface area contributed by atoms with Crippen molar-refractivity contribution in [1.82, 2.24) is 9.80 Å². The summed E-state index contributed by atoms with van der Waals surface area (Å²) in [6.45, 7) is 5.13. The first-order valence-electron chi connectivity index (χ1n) is 11.1. The standard InChI is InChI=1S/C26H28ClN3O3/c27-22-9-11-24(12-10-22)33-25-8-4-5-21(19-25)20-30(14-13-29-15-17-32-18-16-29)26(31)28-23-6-2-1-3-7-23/h1-12,19H,13-18,20H2,(H,28,31). The van der Waals surface area contributed by atoms with Crippen molar-refractivity contribution >= 4 is 23.3 Å². The Morgan fingerprint density at radius 1 is 0.970 bits per heavy atom. The molecule has 0 spiro atoms. The first-order valence-corrected chi connectivity index (χ1v) is 11.5. The number of hydrogen-bond donors (Lipinski definition) is 1. The normalized spacial score (nSPS) is 14.0. The van der Waals surface area contributed by atoms with E-state index in [1.54, 1.807) is 12.1 Å². The quantitative estimate of drug-likeness (QED) is 0.477. The van der Waals surface area contributed by atoms with Gasteiger partial charge in [-0.25, -0.2) is 4.79 Å². The molecule has 0 aliphatic carbocycles. The molecule has 2 amide bonds. The highest BCUT2D eigenvalue weighted by Crippen LogP contribution is 2.24. The molecule has 172 valence electrons. The van der Waals surface area contributed by atoms with Gasteiger partial charge in [0.25, 0.3) is 0 Å². The maximum Gasteiger partial charge on any atom is 0.322 e. The van der Waals surface area contributed by atoms with Crippen molar-refractivity contribution in [2.45, 2.75) is 6.54 Å². The fourth-order valence-electron chi connectivity index (χ4n) is 3.63. The topological polar surface area (TPSA) is 54.0 Å². The highest BCUT2D eigenvalue weighted by Gasteiger charge is 2.18. The molecule has 7 heteroatoms. The number of ether oxygens (including phenoxy) is 2. The van der Waals surface area contributed by atoms with Gasteiger partial charge in [-0.1, -0.05) is 41.9 Å². The third-order valence-electron chi connectivity index (χ3n) is 5.42. The van der Waals surface area contributed by atoms with Gasteiger partial charge in [-0.05, 0) is 54.1 Å². The molecule has 1 saturated heterocycles. The number of benzene rings is 3. The van der Waals surface area contributed by atoms with E-state index in [2.05, 4.69) is 10.2 Å². The van der Waals surface area contributed by atoms with Gasteiger partial charge in [0, 0.05) is 43.4 Å². The van der Waals surface area contributed by atoms with E-state index < -0.39 is 0 Å². The molecule has 1 fully saturated rings. The number of para-hydroxylation sites is 1. The van der Waals surface area contributed by atoms with Gasteiger partial charge in [-0.3, -0.25) is 4.90 Å². The van der Waals surface area contributed by atoms with E-state index in [9.17, 15) is 4.79 Å². The Bertz CT molecular complexity index is 1020. The lowest BCUT2D eigenvalue weighted by Crippen LogP contribution is -2.44. The van der Waals surface area contributed by atoms with Crippen LogP contribution in [0.5, 0.6) is 11.5 Å². The summed E-state index contributed by atoms with van der Waals surface area (Å²) in [6.07, 6.45) is 0. The van der Waals surface area contributed by atoms with Crippen LogP contribution in [-0.4, -0.2) is 55.2 Å². The summed E-state index contributed by atoms with van der Waals surface area (Å²) in [6, 6.07) is 24.5. The minimum Gasteiger partial charge on any atom is -0.457 e. The van der Waals surface area contributed by atoms with Gasteiger partial charge in [0.1, 0.15) is 11.5 Å².